The van der Waals surface area contributed by atoms with Gasteiger partial charge in [0.1, 0.15) is 0 Å². The molecule has 0 heterocycles. The molecule has 0 spiro atoms. The summed E-state index contributed by atoms with van der Waals surface area (Å²) in [5.74, 6) is 0. The van der Waals surface area contributed by atoms with Gasteiger partial charge in [-0.05, 0) is 0 Å². The SMILES string of the molecule is [Br-].[SiH3][Zr+]([C]1=CC=CC1)[C]1=CC=CC1. The van der Waals surface area contributed by atoms with Crippen LogP contribution in [0.25, 0.3) is 0 Å². The van der Waals surface area contributed by atoms with Gasteiger partial charge in [0.2, 0.25) is 0 Å². The first-order valence-electron chi connectivity index (χ1n) is 4.43. The summed E-state index contributed by atoms with van der Waals surface area (Å²) >= 11 is -1.14. The summed E-state index contributed by atoms with van der Waals surface area (Å²) in [7, 11) is 1.45. The molecule has 0 N–H and O–H groups in total. The van der Waals surface area contributed by atoms with E-state index in [0.717, 1.165) is 0 Å². The minimum absolute atomic E-state index is 0. The number of hydrogen-bond donors (Lipinski definition) is 0. The molecule has 0 saturated heterocycles. The summed E-state index contributed by atoms with van der Waals surface area (Å²) in [6.07, 6.45) is 16.4. The summed E-state index contributed by atoms with van der Waals surface area (Å²) in [6, 6.07) is 0. The van der Waals surface area contributed by atoms with Gasteiger partial charge in [-0.3, -0.25) is 0 Å². The third kappa shape index (κ3) is 2.74. The Morgan fingerprint density at radius 2 is 1.46 bits per heavy atom. The summed E-state index contributed by atoms with van der Waals surface area (Å²) in [5, 5.41) is 0. The van der Waals surface area contributed by atoms with Gasteiger partial charge in [-0.2, -0.15) is 0 Å². The van der Waals surface area contributed by atoms with E-state index in [1.54, 1.807) is 0 Å². The maximum atomic E-state index is 2.38. The Hall–Kier alpha value is 0.540. The first-order chi connectivity index (χ1) is 5.88. The molecule has 0 aromatic carbocycles. The molecule has 0 aromatic heterocycles. The van der Waals surface area contributed by atoms with Gasteiger partial charge in [0, 0.05) is 0 Å². The second kappa shape index (κ2) is 5.43. The molecule has 68 valence electrons. The van der Waals surface area contributed by atoms with Gasteiger partial charge in [-0.25, -0.2) is 0 Å². The Morgan fingerprint density at radius 1 is 1.00 bits per heavy atom. The van der Waals surface area contributed by atoms with Crippen LogP contribution in [0.4, 0.5) is 0 Å². The number of hydrogen-bond acceptors (Lipinski definition) is 0. The van der Waals surface area contributed by atoms with Crippen LogP contribution in [0.15, 0.2) is 43.0 Å². The van der Waals surface area contributed by atoms with Gasteiger partial charge in [0.15, 0.2) is 0 Å². The fourth-order valence-electron chi connectivity index (χ4n) is 1.66. The van der Waals surface area contributed by atoms with E-state index in [2.05, 4.69) is 36.5 Å². The van der Waals surface area contributed by atoms with E-state index in [9.17, 15) is 0 Å². The normalized spacial score (nSPS) is 18.5. The van der Waals surface area contributed by atoms with Gasteiger partial charge < -0.3 is 17.0 Å². The Kier molecular flexibility index (Phi) is 4.85. The third-order valence-electron chi connectivity index (χ3n) is 2.51. The molecule has 2 aliphatic carbocycles. The van der Waals surface area contributed by atoms with Crippen molar-refractivity contribution in [3.8, 4) is 0 Å². The van der Waals surface area contributed by atoms with E-state index in [1.165, 1.54) is 20.2 Å². The molecule has 0 bridgehead atoms. The molecular formula is C10H13BrSiZr. The first-order valence-corrected chi connectivity index (χ1v) is 15.3. The molecule has 0 saturated carbocycles. The van der Waals surface area contributed by atoms with Gasteiger partial charge in [0.25, 0.3) is 0 Å². The topological polar surface area (TPSA) is 0 Å². The van der Waals surface area contributed by atoms with Crippen molar-refractivity contribution < 1.29 is 37.9 Å². The summed E-state index contributed by atoms with van der Waals surface area (Å²) in [4.78, 5) is 0. The van der Waals surface area contributed by atoms with Crippen molar-refractivity contribution in [1.29, 1.82) is 0 Å². The van der Waals surface area contributed by atoms with Crippen molar-refractivity contribution in [2.24, 2.45) is 0 Å². The van der Waals surface area contributed by atoms with E-state index >= 15 is 0 Å². The van der Waals surface area contributed by atoms with E-state index in [1.807, 2.05) is 6.56 Å². The Morgan fingerprint density at radius 3 is 1.77 bits per heavy atom. The molecule has 0 unspecified atom stereocenters. The minimum atomic E-state index is -1.14. The van der Waals surface area contributed by atoms with Crippen LogP contribution in [0.1, 0.15) is 12.8 Å². The second-order valence-corrected chi connectivity index (χ2v) is 15.4. The van der Waals surface area contributed by atoms with Crippen molar-refractivity contribution in [2.45, 2.75) is 12.8 Å². The van der Waals surface area contributed by atoms with E-state index in [0.29, 0.717) is 0 Å². The summed E-state index contributed by atoms with van der Waals surface area (Å²) in [5.41, 5.74) is 0. The zero-order chi connectivity index (χ0) is 8.39. The molecule has 3 heteroatoms. The quantitative estimate of drug-likeness (QED) is 0.545. The van der Waals surface area contributed by atoms with Crippen LogP contribution in [0, 0.1) is 0 Å². The van der Waals surface area contributed by atoms with Crippen molar-refractivity contribution in [3.05, 3.63) is 43.0 Å². The van der Waals surface area contributed by atoms with Crippen molar-refractivity contribution in [3.63, 3.8) is 0 Å². The molecular weight excluding hydrogens is 319 g/mol. The summed E-state index contributed by atoms with van der Waals surface area (Å²) < 4.78 is 3.64. The molecule has 0 aliphatic heterocycles. The molecule has 0 amide bonds. The Labute approximate surface area is 100 Å². The van der Waals surface area contributed by atoms with Crippen molar-refractivity contribution in [2.75, 3.05) is 0 Å². The van der Waals surface area contributed by atoms with E-state index < -0.39 is 20.9 Å². The molecule has 0 radical (unpaired) electrons. The second-order valence-electron chi connectivity index (χ2n) is 3.27. The predicted molar refractivity (Wildman–Crippen MR) is 53.6 cm³/mol. The van der Waals surface area contributed by atoms with Crippen LogP contribution < -0.4 is 17.0 Å². The fraction of sp³-hybridized carbons (Fsp3) is 0.200. The van der Waals surface area contributed by atoms with Crippen LogP contribution >= 0.6 is 0 Å². The monoisotopic (exact) mass is 330 g/mol. The number of allylic oxidation sites excluding steroid dienone is 8. The maximum absolute atomic E-state index is 2.38. The van der Waals surface area contributed by atoms with Crippen LogP contribution in [0.3, 0.4) is 0 Å². The zero-order valence-corrected chi connectivity index (χ0v) is 13.8. The molecule has 2 rings (SSSR count). The molecule has 2 aliphatic rings. The Balaban J connectivity index is 0.000000845. The van der Waals surface area contributed by atoms with Crippen molar-refractivity contribution in [1.82, 2.24) is 0 Å². The third-order valence-corrected chi connectivity index (χ3v) is 16.7. The van der Waals surface area contributed by atoms with Gasteiger partial charge in [-0.1, -0.05) is 0 Å². The number of rotatable bonds is 2. The molecule has 0 nitrogen and oxygen atoms in total. The van der Waals surface area contributed by atoms with E-state index in [4.69, 9.17) is 0 Å². The standard InChI is InChI=1S/2C5H5.BrH.H3Si.Zr/c2*1-2-4-5-3-1;;;/h2*1-3H,4H2;1H;1H3;/q;;;;+1/p-1. The summed E-state index contributed by atoms with van der Waals surface area (Å²) in [6.45, 7) is 0. The first kappa shape index (κ1) is 11.6. The van der Waals surface area contributed by atoms with Crippen LogP contribution in [-0.2, 0) is 20.9 Å². The fourth-order valence-corrected chi connectivity index (χ4v) is 10.8. The van der Waals surface area contributed by atoms with E-state index in [-0.39, 0.29) is 17.0 Å². The van der Waals surface area contributed by atoms with Crippen LogP contribution in [0.2, 0.25) is 0 Å². The molecule has 0 atom stereocenters. The van der Waals surface area contributed by atoms with Gasteiger partial charge in [-0.15, -0.1) is 0 Å². The van der Waals surface area contributed by atoms with Gasteiger partial charge in [0.05, 0.1) is 0 Å². The van der Waals surface area contributed by atoms with Crippen molar-refractivity contribution >= 4 is 7.37 Å². The average Bonchev–Trinajstić information content (AvgIpc) is 2.77. The zero-order valence-electron chi connectivity index (χ0n) is 7.76. The average molecular weight is 332 g/mol. The molecule has 0 fully saturated rings. The van der Waals surface area contributed by atoms with Crippen LogP contribution in [-0.4, -0.2) is 7.37 Å². The number of halogens is 1. The Bertz CT molecular complexity index is 272. The molecule has 0 aromatic rings. The predicted octanol–water partition coefficient (Wildman–Crippen LogP) is -1.42. The van der Waals surface area contributed by atoms with Gasteiger partial charge >= 0.3 is 84.1 Å². The molecule has 13 heavy (non-hydrogen) atoms. The van der Waals surface area contributed by atoms with Crippen LogP contribution in [0.5, 0.6) is 0 Å².